The van der Waals surface area contributed by atoms with Crippen LogP contribution >= 0.6 is 0 Å². The van der Waals surface area contributed by atoms with Crippen LogP contribution in [0.3, 0.4) is 0 Å². The fourth-order valence-electron chi connectivity index (χ4n) is 3.21. The Kier molecular flexibility index (Phi) is 7.20. The molecule has 2 amide bonds. The largest absolute Gasteiger partial charge is 0.573 e. The van der Waals surface area contributed by atoms with Crippen LogP contribution in [0.5, 0.6) is 5.75 Å². The molecule has 0 saturated heterocycles. The van der Waals surface area contributed by atoms with E-state index >= 15 is 0 Å². The van der Waals surface area contributed by atoms with E-state index in [0.29, 0.717) is 17.1 Å². The number of hydrogen-bond acceptors (Lipinski definition) is 4. The van der Waals surface area contributed by atoms with E-state index in [0.717, 1.165) is 17.7 Å². The van der Waals surface area contributed by atoms with Gasteiger partial charge in [-0.2, -0.15) is 0 Å². The summed E-state index contributed by atoms with van der Waals surface area (Å²) in [5, 5.41) is 5.12. The maximum Gasteiger partial charge on any atom is 0.573 e. The highest BCUT2D eigenvalue weighted by atomic mass is 19.4. The first kappa shape index (κ1) is 24.3. The van der Waals surface area contributed by atoms with Gasteiger partial charge in [-0.05, 0) is 48.5 Å². The van der Waals surface area contributed by atoms with Gasteiger partial charge >= 0.3 is 6.36 Å². The molecule has 1 aromatic heterocycles. The van der Waals surface area contributed by atoms with Crippen LogP contribution < -0.4 is 15.4 Å². The number of benzene rings is 3. The predicted molar refractivity (Wildman–Crippen MR) is 128 cm³/mol. The molecule has 3 aromatic carbocycles. The van der Waals surface area contributed by atoms with Crippen molar-refractivity contribution < 1.29 is 31.9 Å². The number of ether oxygens (including phenoxy) is 1. The zero-order valence-corrected chi connectivity index (χ0v) is 18.6. The van der Waals surface area contributed by atoms with E-state index in [2.05, 4.69) is 15.4 Å². The molecule has 9 heteroatoms. The minimum absolute atomic E-state index is 0.131. The van der Waals surface area contributed by atoms with Crippen molar-refractivity contribution >= 4 is 23.6 Å². The van der Waals surface area contributed by atoms with E-state index in [1.54, 1.807) is 42.5 Å². The highest BCUT2D eigenvalue weighted by molar-refractivity contribution is 6.10. The molecule has 0 aliphatic carbocycles. The van der Waals surface area contributed by atoms with Crippen LogP contribution in [0, 0.1) is 0 Å². The Bertz CT molecular complexity index is 1360. The number of anilines is 1. The quantitative estimate of drug-likeness (QED) is 0.299. The van der Waals surface area contributed by atoms with Crippen molar-refractivity contribution in [3.8, 4) is 17.1 Å². The minimum atomic E-state index is -4.83. The van der Waals surface area contributed by atoms with Crippen molar-refractivity contribution in [3.05, 3.63) is 114 Å². The van der Waals surface area contributed by atoms with E-state index in [9.17, 15) is 22.8 Å². The summed E-state index contributed by atoms with van der Waals surface area (Å²) in [4.78, 5) is 25.7. The lowest BCUT2D eigenvalue weighted by atomic mass is 10.2. The predicted octanol–water partition coefficient (Wildman–Crippen LogP) is 6.25. The number of hydrogen-bond donors (Lipinski definition) is 2. The smallest absolute Gasteiger partial charge is 0.457 e. The lowest BCUT2D eigenvalue weighted by Gasteiger charge is -2.12. The molecule has 0 unspecified atom stereocenters. The summed E-state index contributed by atoms with van der Waals surface area (Å²) in [5.74, 6) is -0.794. The fourth-order valence-corrected chi connectivity index (χ4v) is 3.21. The molecule has 0 bridgehead atoms. The van der Waals surface area contributed by atoms with Gasteiger partial charge in [0.05, 0.1) is 0 Å². The summed E-state index contributed by atoms with van der Waals surface area (Å²) in [6, 6.07) is 25.6. The third-order valence-electron chi connectivity index (χ3n) is 4.85. The second-order valence-electron chi connectivity index (χ2n) is 7.47. The maximum absolute atomic E-state index is 13.0. The van der Waals surface area contributed by atoms with E-state index < -0.39 is 23.9 Å². The molecule has 4 rings (SSSR count). The lowest BCUT2D eigenvalue weighted by Crippen LogP contribution is -2.30. The molecule has 36 heavy (non-hydrogen) atoms. The van der Waals surface area contributed by atoms with Gasteiger partial charge in [-0.1, -0.05) is 48.5 Å². The first-order chi connectivity index (χ1) is 17.3. The number of carbonyl (C=O) groups is 2. The molecular weight excluding hydrogens is 473 g/mol. The molecule has 0 saturated carbocycles. The Hall–Kier alpha value is -4.79. The SMILES string of the molecule is O=C(Nc1ccc(OC(F)(F)F)cc1)/C(=C/c1ccc(-c2ccccc2)o1)NC(=O)c1ccccc1. The monoisotopic (exact) mass is 492 g/mol. The van der Waals surface area contributed by atoms with E-state index in [1.165, 1.54) is 18.2 Å². The van der Waals surface area contributed by atoms with Crippen molar-refractivity contribution in [2.75, 3.05) is 5.32 Å². The van der Waals surface area contributed by atoms with Gasteiger partial charge in [0.25, 0.3) is 11.8 Å². The number of rotatable bonds is 7. The molecule has 0 fully saturated rings. The molecule has 0 spiro atoms. The Morgan fingerprint density at radius 3 is 2.08 bits per heavy atom. The molecule has 2 N–H and O–H groups in total. The van der Waals surface area contributed by atoms with Gasteiger partial charge < -0.3 is 19.8 Å². The zero-order chi connectivity index (χ0) is 25.5. The number of furan rings is 1. The normalized spacial score (nSPS) is 11.6. The highest BCUT2D eigenvalue weighted by Crippen LogP contribution is 2.25. The Labute approximate surface area is 204 Å². The van der Waals surface area contributed by atoms with Gasteiger partial charge in [-0.25, -0.2) is 0 Å². The number of alkyl halides is 3. The summed E-state index contributed by atoms with van der Waals surface area (Å²) in [6.45, 7) is 0. The summed E-state index contributed by atoms with van der Waals surface area (Å²) in [5.41, 5.74) is 1.22. The highest BCUT2D eigenvalue weighted by Gasteiger charge is 2.31. The van der Waals surface area contributed by atoms with Crippen molar-refractivity contribution in [2.24, 2.45) is 0 Å². The Morgan fingerprint density at radius 2 is 1.44 bits per heavy atom. The van der Waals surface area contributed by atoms with Gasteiger partial charge in [-0.3, -0.25) is 9.59 Å². The minimum Gasteiger partial charge on any atom is -0.457 e. The van der Waals surface area contributed by atoms with Crippen molar-refractivity contribution in [3.63, 3.8) is 0 Å². The van der Waals surface area contributed by atoms with E-state index in [-0.39, 0.29) is 11.4 Å². The van der Waals surface area contributed by atoms with E-state index in [4.69, 9.17) is 4.42 Å². The van der Waals surface area contributed by atoms with Gasteiger partial charge in [-0.15, -0.1) is 13.2 Å². The summed E-state index contributed by atoms with van der Waals surface area (Å²) in [7, 11) is 0. The third kappa shape index (κ3) is 6.63. The topological polar surface area (TPSA) is 80.6 Å². The van der Waals surface area contributed by atoms with Gasteiger partial charge in [0, 0.05) is 22.9 Å². The molecule has 6 nitrogen and oxygen atoms in total. The van der Waals surface area contributed by atoms with Gasteiger partial charge in [0.15, 0.2) is 0 Å². The molecule has 182 valence electrons. The number of amides is 2. The first-order valence-electron chi connectivity index (χ1n) is 10.7. The maximum atomic E-state index is 13.0. The second-order valence-corrected chi connectivity index (χ2v) is 7.47. The summed E-state index contributed by atoms with van der Waals surface area (Å²) in [6.07, 6.45) is -3.46. The first-order valence-corrected chi connectivity index (χ1v) is 10.7. The van der Waals surface area contributed by atoms with E-state index in [1.807, 2.05) is 30.3 Å². The molecule has 1 heterocycles. The fraction of sp³-hybridized carbons (Fsp3) is 0.0370. The van der Waals surface area contributed by atoms with Crippen LogP contribution in [0.2, 0.25) is 0 Å². The summed E-state index contributed by atoms with van der Waals surface area (Å²) >= 11 is 0. The Morgan fingerprint density at radius 1 is 0.806 bits per heavy atom. The van der Waals surface area contributed by atoms with Crippen molar-refractivity contribution in [2.45, 2.75) is 6.36 Å². The zero-order valence-electron chi connectivity index (χ0n) is 18.6. The lowest BCUT2D eigenvalue weighted by molar-refractivity contribution is -0.274. The third-order valence-corrected chi connectivity index (χ3v) is 4.85. The molecular formula is C27H19F3N2O4. The molecule has 0 radical (unpaired) electrons. The molecule has 0 aliphatic heterocycles. The number of carbonyl (C=O) groups excluding carboxylic acids is 2. The molecule has 0 atom stereocenters. The number of halogens is 3. The molecule has 4 aromatic rings. The van der Waals surface area contributed by atoms with Crippen LogP contribution in [0.4, 0.5) is 18.9 Å². The second kappa shape index (κ2) is 10.6. The van der Waals surface area contributed by atoms with Crippen LogP contribution in [-0.4, -0.2) is 18.2 Å². The van der Waals surface area contributed by atoms with Gasteiger partial charge in [0.2, 0.25) is 0 Å². The Balaban J connectivity index is 1.57. The average molecular weight is 492 g/mol. The van der Waals surface area contributed by atoms with Crippen molar-refractivity contribution in [1.82, 2.24) is 5.32 Å². The standard InChI is InChI=1S/C27H19F3N2O4/c28-27(29,30)36-21-13-11-20(12-14-21)31-26(34)23(32-25(33)19-9-5-2-6-10-19)17-22-15-16-24(35-22)18-7-3-1-4-8-18/h1-17H,(H,31,34)(H,32,33)/b23-17-. The molecule has 0 aliphatic rings. The van der Waals surface area contributed by atoms with Crippen LogP contribution in [0.25, 0.3) is 17.4 Å². The van der Waals surface area contributed by atoms with Crippen LogP contribution in [-0.2, 0) is 4.79 Å². The summed E-state index contributed by atoms with van der Waals surface area (Å²) < 4.78 is 46.8. The van der Waals surface area contributed by atoms with Gasteiger partial charge in [0.1, 0.15) is 23.0 Å². The van der Waals surface area contributed by atoms with Crippen LogP contribution in [0.1, 0.15) is 16.1 Å². The van der Waals surface area contributed by atoms with Crippen LogP contribution in [0.15, 0.2) is 107 Å². The average Bonchev–Trinajstić information content (AvgIpc) is 3.33. The van der Waals surface area contributed by atoms with Crippen molar-refractivity contribution in [1.29, 1.82) is 0 Å². The number of nitrogens with one attached hydrogen (secondary N) is 2.